The minimum Gasteiger partial charge on any atom is -0.490 e. The van der Waals surface area contributed by atoms with Crippen molar-refractivity contribution in [2.24, 2.45) is 0 Å². The lowest BCUT2D eigenvalue weighted by Crippen LogP contribution is -2.50. The molecule has 3 heterocycles. The van der Waals surface area contributed by atoms with Crippen molar-refractivity contribution in [1.29, 1.82) is 0 Å². The smallest absolute Gasteiger partial charge is 0.343 e. The molecular weight excluding hydrogens is 496 g/mol. The Morgan fingerprint density at radius 2 is 1.82 bits per heavy atom. The first kappa shape index (κ1) is 26.8. The topological polar surface area (TPSA) is 79.2 Å². The number of carbonyl (C=O) groups excluding carboxylic acids is 1. The van der Waals surface area contributed by atoms with Gasteiger partial charge in [0, 0.05) is 38.0 Å². The van der Waals surface area contributed by atoms with E-state index >= 15 is 0 Å². The van der Waals surface area contributed by atoms with E-state index in [0.717, 1.165) is 36.0 Å². The fraction of sp³-hybridized carbons (Fsp3) is 0.419. The number of fused-ring (bicyclic) bond motifs is 6. The highest BCUT2D eigenvalue weighted by atomic mass is 16.5. The molecule has 2 aliphatic heterocycles. The van der Waals surface area contributed by atoms with Crippen molar-refractivity contribution in [3.63, 3.8) is 0 Å². The van der Waals surface area contributed by atoms with Crippen molar-refractivity contribution < 1.29 is 23.7 Å². The largest absolute Gasteiger partial charge is 0.490 e. The van der Waals surface area contributed by atoms with Gasteiger partial charge in [0.2, 0.25) is 0 Å². The summed E-state index contributed by atoms with van der Waals surface area (Å²) in [6, 6.07) is 15.6. The number of esters is 1. The van der Waals surface area contributed by atoms with E-state index in [9.17, 15) is 9.59 Å². The number of hydrogen-bond donors (Lipinski definition) is 0. The van der Waals surface area contributed by atoms with E-state index in [1.807, 2.05) is 41.1 Å². The van der Waals surface area contributed by atoms with Crippen LogP contribution in [0.4, 0.5) is 0 Å². The van der Waals surface area contributed by atoms with E-state index in [-0.39, 0.29) is 29.2 Å². The van der Waals surface area contributed by atoms with Crippen molar-refractivity contribution in [1.82, 2.24) is 4.68 Å². The summed E-state index contributed by atoms with van der Waals surface area (Å²) in [5.74, 6) is 0.669. The highest BCUT2D eigenvalue weighted by Gasteiger charge is 2.45. The van der Waals surface area contributed by atoms with E-state index in [4.69, 9.17) is 18.9 Å². The highest BCUT2D eigenvalue weighted by molar-refractivity contribution is 5.89. The number of ether oxygens (including phenoxy) is 4. The third-order valence-electron chi connectivity index (χ3n) is 7.44. The zero-order valence-electron chi connectivity index (χ0n) is 23.1. The van der Waals surface area contributed by atoms with Crippen molar-refractivity contribution in [2.75, 3.05) is 31.9 Å². The van der Waals surface area contributed by atoms with Gasteiger partial charge in [-0.2, -0.15) is 0 Å². The normalized spacial score (nSPS) is 16.7. The molecule has 8 heteroatoms. The number of pyridine rings is 1. The minimum atomic E-state index is -0.608. The van der Waals surface area contributed by atoms with Crippen LogP contribution in [0.1, 0.15) is 67.6 Å². The summed E-state index contributed by atoms with van der Waals surface area (Å²) in [6.45, 7) is 7.78. The van der Waals surface area contributed by atoms with Crippen LogP contribution < -0.4 is 19.9 Å². The fourth-order valence-electron chi connectivity index (χ4n) is 5.56. The van der Waals surface area contributed by atoms with E-state index < -0.39 is 5.97 Å². The number of hydrogen-bond acceptors (Lipinski definition) is 7. The molecule has 5 rings (SSSR count). The lowest BCUT2D eigenvalue weighted by atomic mass is 9.93. The Morgan fingerprint density at radius 3 is 2.56 bits per heavy atom. The molecule has 1 atom stereocenters. The van der Waals surface area contributed by atoms with Gasteiger partial charge in [-0.3, -0.25) is 14.5 Å². The van der Waals surface area contributed by atoms with Crippen LogP contribution in [0.5, 0.6) is 11.5 Å². The molecule has 0 amide bonds. The predicted octanol–water partition coefficient (Wildman–Crippen LogP) is 5.25. The zero-order valence-corrected chi connectivity index (χ0v) is 23.1. The van der Waals surface area contributed by atoms with Gasteiger partial charge in [-0.1, -0.05) is 30.3 Å². The van der Waals surface area contributed by atoms with Crippen molar-refractivity contribution in [3.05, 3.63) is 81.6 Å². The molecule has 0 aliphatic carbocycles. The fourth-order valence-corrected chi connectivity index (χ4v) is 5.56. The lowest BCUT2D eigenvalue weighted by Gasteiger charge is -2.44. The van der Waals surface area contributed by atoms with Crippen LogP contribution in [-0.2, 0) is 16.1 Å². The Labute approximate surface area is 229 Å². The number of benzene rings is 2. The second-order valence-corrected chi connectivity index (χ2v) is 10.6. The van der Waals surface area contributed by atoms with Gasteiger partial charge in [0.25, 0.3) is 0 Å². The maximum atomic E-state index is 13.1. The van der Waals surface area contributed by atoms with Crippen LogP contribution >= 0.6 is 0 Å². The van der Waals surface area contributed by atoms with E-state index in [0.29, 0.717) is 37.0 Å². The Bertz CT molecular complexity index is 1400. The van der Waals surface area contributed by atoms with Gasteiger partial charge >= 0.3 is 5.97 Å². The number of aromatic nitrogens is 1. The van der Waals surface area contributed by atoms with Gasteiger partial charge in [-0.25, -0.2) is 4.79 Å². The zero-order chi connectivity index (χ0) is 27.6. The number of methoxy groups -OCH3 is 1. The molecule has 1 saturated heterocycles. The maximum absolute atomic E-state index is 13.1. The summed E-state index contributed by atoms with van der Waals surface area (Å²) in [4.78, 5) is 25.8. The van der Waals surface area contributed by atoms with Crippen LogP contribution in [0.15, 0.2) is 59.5 Å². The Hall–Kier alpha value is -3.78. The maximum Gasteiger partial charge on any atom is 0.343 e. The molecule has 0 saturated carbocycles. The molecule has 0 bridgehead atoms. The summed E-state index contributed by atoms with van der Waals surface area (Å²) in [7, 11) is 1.68. The molecule has 3 aromatic rings. The number of carbonyl (C=O) groups is 1. The third-order valence-corrected chi connectivity index (χ3v) is 7.44. The average molecular weight is 533 g/mol. The first-order chi connectivity index (χ1) is 18.8. The average Bonchev–Trinajstić information content (AvgIpc) is 3.25. The first-order valence-electron chi connectivity index (χ1n) is 13.5. The second kappa shape index (κ2) is 11.1. The molecule has 0 spiro atoms. The standard InChI is InChI=1S/C31H36N2O6/c1-5-37-30(35)24-19-32-26(18-27(24)34)23-17-29(39-20-21-10-7-6-8-11-21)28(38-15-9-14-36-4)16-22(23)25-12-13-31(2,3)33(25)32/h6-8,10-11,16-19,25H,5,9,12-15,20H2,1-4H3/t25-/m0/s1. The SMILES string of the molecule is CCOC(=O)c1cn2c(cc1=O)-c1cc(OCc3ccccc3)c(OCCCOC)cc1[C@@H]1CCC(C)(C)N12. The highest BCUT2D eigenvalue weighted by Crippen LogP contribution is 2.50. The summed E-state index contributed by atoms with van der Waals surface area (Å²) < 4.78 is 24.9. The quantitative estimate of drug-likeness (QED) is 0.261. The summed E-state index contributed by atoms with van der Waals surface area (Å²) in [6.07, 6.45) is 4.27. The van der Waals surface area contributed by atoms with E-state index in [1.54, 1.807) is 20.2 Å². The Balaban J connectivity index is 1.62. The molecule has 1 fully saturated rings. The van der Waals surface area contributed by atoms with Gasteiger partial charge in [0.05, 0.1) is 30.5 Å². The number of rotatable bonds is 10. The molecule has 0 unspecified atom stereocenters. The van der Waals surface area contributed by atoms with Crippen molar-refractivity contribution in [2.45, 2.75) is 58.2 Å². The van der Waals surface area contributed by atoms with Gasteiger partial charge in [-0.15, -0.1) is 0 Å². The van der Waals surface area contributed by atoms with Gasteiger partial charge in [0.15, 0.2) is 16.9 Å². The van der Waals surface area contributed by atoms with Gasteiger partial charge in [0.1, 0.15) is 12.2 Å². The second-order valence-electron chi connectivity index (χ2n) is 10.6. The minimum absolute atomic E-state index is 0.0316. The molecule has 2 aliphatic rings. The van der Waals surface area contributed by atoms with Crippen LogP contribution in [0, 0.1) is 0 Å². The van der Waals surface area contributed by atoms with Gasteiger partial charge < -0.3 is 18.9 Å². The molecule has 0 N–H and O–H groups in total. The molecular formula is C31H36N2O6. The van der Waals surface area contributed by atoms with E-state index in [2.05, 4.69) is 24.9 Å². The summed E-state index contributed by atoms with van der Waals surface area (Å²) in [5.41, 5.74) is 3.20. The Morgan fingerprint density at radius 1 is 1.05 bits per heavy atom. The molecule has 2 aromatic carbocycles. The monoisotopic (exact) mass is 532 g/mol. The third kappa shape index (κ3) is 5.26. The predicted molar refractivity (Wildman–Crippen MR) is 149 cm³/mol. The molecule has 1 aromatic heterocycles. The van der Waals surface area contributed by atoms with Crippen LogP contribution in [0.25, 0.3) is 11.3 Å². The molecule has 0 radical (unpaired) electrons. The van der Waals surface area contributed by atoms with Crippen LogP contribution in [0.3, 0.4) is 0 Å². The Kier molecular flexibility index (Phi) is 7.66. The van der Waals surface area contributed by atoms with Crippen LogP contribution in [-0.4, -0.2) is 43.1 Å². The van der Waals surface area contributed by atoms with Gasteiger partial charge in [-0.05, 0) is 56.9 Å². The first-order valence-corrected chi connectivity index (χ1v) is 13.5. The molecule has 39 heavy (non-hydrogen) atoms. The molecule has 8 nitrogen and oxygen atoms in total. The lowest BCUT2D eigenvalue weighted by molar-refractivity contribution is 0.0523. The molecule has 206 valence electrons. The van der Waals surface area contributed by atoms with Crippen molar-refractivity contribution >= 4 is 5.97 Å². The number of nitrogens with zero attached hydrogens (tertiary/aromatic N) is 2. The van der Waals surface area contributed by atoms with E-state index in [1.165, 1.54) is 6.07 Å². The van der Waals surface area contributed by atoms with Crippen LogP contribution in [0.2, 0.25) is 0 Å². The van der Waals surface area contributed by atoms with Crippen molar-refractivity contribution in [3.8, 4) is 22.8 Å². The summed E-state index contributed by atoms with van der Waals surface area (Å²) >= 11 is 0. The summed E-state index contributed by atoms with van der Waals surface area (Å²) in [5, 5.41) is 2.27.